The first-order valence-corrected chi connectivity index (χ1v) is 18.5. The molecule has 0 amide bonds. The molecule has 194 valence electrons. The molecule has 0 aliphatic rings. The van der Waals surface area contributed by atoms with Crippen molar-refractivity contribution in [2.75, 3.05) is 20.8 Å². The second-order valence-electron chi connectivity index (χ2n) is 7.12. The number of rotatable bonds is 11. The Morgan fingerprint density at radius 2 is 1.97 bits per heavy atom. The molecule has 4 N–H and O–H groups in total. The van der Waals surface area contributed by atoms with E-state index in [-0.39, 0.29) is 17.2 Å². The predicted molar refractivity (Wildman–Crippen MR) is 135 cm³/mol. The van der Waals surface area contributed by atoms with Crippen molar-refractivity contribution >= 4 is 60.9 Å². The Morgan fingerprint density at radius 3 is 2.72 bits per heavy atom. The van der Waals surface area contributed by atoms with Gasteiger partial charge in [0.1, 0.15) is 0 Å². The van der Waals surface area contributed by atoms with E-state index in [4.69, 9.17) is 31.7 Å². The summed E-state index contributed by atoms with van der Waals surface area (Å²) in [5.74, 6) is 0.900. The summed E-state index contributed by atoms with van der Waals surface area (Å²) in [5.41, 5.74) is 2.03. The van der Waals surface area contributed by atoms with Crippen molar-refractivity contribution < 1.29 is 55.4 Å². The number of hydrogen-bond acceptors (Lipinski definition) is 7. The van der Waals surface area contributed by atoms with Gasteiger partial charge in [-0.1, -0.05) is 23.7 Å². The zero-order valence-electron chi connectivity index (χ0n) is 18.3. The van der Waals surface area contributed by atoms with Crippen LogP contribution in [0.3, 0.4) is 0 Å². The minimum absolute atomic E-state index is 0.129. The van der Waals surface area contributed by atoms with Gasteiger partial charge in [-0.2, -0.15) is 0 Å². The first-order chi connectivity index (χ1) is 17.3. The summed E-state index contributed by atoms with van der Waals surface area (Å²) in [7, 11) is -3.79. The van der Waals surface area contributed by atoms with Gasteiger partial charge in [0.25, 0.3) is 0 Å². The molecule has 2 aromatic carbocycles. The molecule has 0 aliphatic carbocycles. The van der Waals surface area contributed by atoms with E-state index in [2.05, 4.69) is 36.1 Å². The monoisotopic (exact) mass is 838 g/mol. The van der Waals surface area contributed by atoms with Gasteiger partial charge in [0.05, 0.1) is 0 Å². The van der Waals surface area contributed by atoms with Crippen LogP contribution in [0.25, 0.3) is 16.9 Å². The SMILES string of the molecule is N[I-]C[I-]c1ccc(OCl)cc1S(=O)(=O)NCCNc1cc(-c2ccccc2Cl)nc2c(Br)cnn12. The molecule has 4 rings (SSSR count). The van der Waals surface area contributed by atoms with E-state index >= 15 is 0 Å². The molecular weight excluding hydrogens is 821 g/mol. The Labute approximate surface area is 247 Å². The molecule has 0 spiro atoms. The zero-order valence-corrected chi connectivity index (χ0v) is 26.5. The molecule has 0 atom stereocenters. The fourth-order valence-electron chi connectivity index (χ4n) is 3.25. The summed E-state index contributed by atoms with van der Waals surface area (Å²) in [5, 5.41) is 8.17. The van der Waals surface area contributed by atoms with Crippen molar-refractivity contribution in [3.05, 3.63) is 67.8 Å². The van der Waals surface area contributed by atoms with E-state index in [1.807, 2.05) is 24.3 Å². The van der Waals surface area contributed by atoms with E-state index in [1.54, 1.807) is 28.9 Å². The number of nitrogens with one attached hydrogen (secondary N) is 2. The quantitative estimate of drug-likeness (QED) is 0.0687. The summed E-state index contributed by atoms with van der Waals surface area (Å²) in [6, 6.07) is 14.1. The number of fused-ring (bicyclic) bond motifs is 1. The maximum absolute atomic E-state index is 13.1. The van der Waals surface area contributed by atoms with Crippen molar-refractivity contribution in [3.63, 3.8) is 0 Å². The van der Waals surface area contributed by atoms with Gasteiger partial charge in [-0.3, -0.25) is 0 Å². The van der Waals surface area contributed by atoms with Crippen LogP contribution < -0.4 is 61.0 Å². The molecule has 0 bridgehead atoms. The Morgan fingerprint density at radius 1 is 1.17 bits per heavy atom. The number of nitrogens with two attached hydrogens (primary N) is 1. The molecule has 0 unspecified atom stereocenters. The molecule has 15 heteroatoms. The van der Waals surface area contributed by atoms with Crippen molar-refractivity contribution in [2.45, 2.75) is 4.90 Å². The van der Waals surface area contributed by atoms with E-state index < -0.39 is 52.7 Å². The van der Waals surface area contributed by atoms with Crippen LogP contribution >= 0.6 is 39.4 Å². The van der Waals surface area contributed by atoms with Gasteiger partial charge in [0, 0.05) is 0 Å². The number of nitrogens with zero attached hydrogens (tertiary/aromatic N) is 3. The van der Waals surface area contributed by atoms with Gasteiger partial charge in [-0.05, 0) is 6.07 Å². The van der Waals surface area contributed by atoms with Gasteiger partial charge >= 0.3 is 220 Å². The Hall–Kier alpha value is -0.950. The topological polar surface area (TPSA) is 124 Å². The van der Waals surface area contributed by atoms with Crippen molar-refractivity contribution in [1.82, 2.24) is 19.3 Å². The molecule has 0 saturated carbocycles. The first kappa shape index (κ1) is 28.1. The van der Waals surface area contributed by atoms with Gasteiger partial charge in [0.2, 0.25) is 0 Å². The van der Waals surface area contributed by atoms with E-state index in [0.717, 1.165) is 16.0 Å². The summed E-state index contributed by atoms with van der Waals surface area (Å²) in [6.07, 6.45) is 1.65. The summed E-state index contributed by atoms with van der Waals surface area (Å²) < 4.78 is 43.3. The Balaban J connectivity index is 1.53. The molecule has 36 heavy (non-hydrogen) atoms. The number of anilines is 1. The maximum atomic E-state index is 13.1. The van der Waals surface area contributed by atoms with Crippen molar-refractivity contribution in [1.29, 1.82) is 0 Å². The van der Waals surface area contributed by atoms with Gasteiger partial charge in [-0.15, -0.1) is 0 Å². The molecular formula is C21H19BrCl2I2N6O3S-2. The van der Waals surface area contributed by atoms with E-state index in [0.29, 0.717) is 28.7 Å². The molecule has 0 radical (unpaired) electrons. The van der Waals surface area contributed by atoms with Crippen LogP contribution in [-0.2, 0) is 10.0 Å². The molecule has 9 nitrogen and oxygen atoms in total. The molecule has 2 heterocycles. The predicted octanol–water partition coefficient (Wildman–Crippen LogP) is -2.09. The Bertz CT molecular complexity index is 1490. The first-order valence-electron chi connectivity index (χ1n) is 10.2. The fourth-order valence-corrected chi connectivity index (χ4v) is 10.9. The third-order valence-electron chi connectivity index (χ3n) is 4.84. The zero-order chi connectivity index (χ0) is 25.7. The molecule has 2 aromatic heterocycles. The third-order valence-corrected chi connectivity index (χ3v) is 14.3. The standard InChI is InChI=1S/C21H19BrCl2I2N6O3S/c22-15-11-29-32-20(10-18(31-21(15)32)14-3-1-2-4-16(14)23)28-7-8-30-36(33,34)19-9-13(35-24)5-6-17(19)25-12-26-27/h1-6,9-11,28,30H,7-8,12,27H2/q-2. The third kappa shape index (κ3) is 6.54. The second-order valence-corrected chi connectivity index (χ2v) is 17.5. The number of alkyl halides is 2. The van der Waals surface area contributed by atoms with E-state index in [9.17, 15) is 8.42 Å². The van der Waals surface area contributed by atoms with Gasteiger partial charge in [0.15, 0.2) is 0 Å². The van der Waals surface area contributed by atoms with Crippen LogP contribution in [0.4, 0.5) is 5.82 Å². The van der Waals surface area contributed by atoms with Crippen molar-refractivity contribution in [2.24, 2.45) is 3.95 Å². The molecule has 0 fully saturated rings. The van der Waals surface area contributed by atoms with Gasteiger partial charge in [-0.25, -0.2) is 0 Å². The van der Waals surface area contributed by atoms with Crippen LogP contribution in [0.5, 0.6) is 5.75 Å². The summed E-state index contributed by atoms with van der Waals surface area (Å²) in [4.78, 5) is 4.85. The summed E-state index contributed by atoms with van der Waals surface area (Å²) >= 11 is 14.4. The number of aromatic nitrogens is 3. The average molecular weight is 840 g/mol. The van der Waals surface area contributed by atoms with Crippen LogP contribution in [-0.4, -0.2) is 38.5 Å². The second kappa shape index (κ2) is 12.7. The van der Waals surface area contributed by atoms with Crippen LogP contribution in [0.1, 0.15) is 0 Å². The van der Waals surface area contributed by atoms with Crippen LogP contribution in [0.2, 0.25) is 5.02 Å². The fraction of sp³-hybridized carbons (Fsp3) is 0.143. The minimum atomic E-state index is -3.79. The summed E-state index contributed by atoms with van der Waals surface area (Å²) in [6.45, 7) is 0.422. The van der Waals surface area contributed by atoms with Crippen molar-refractivity contribution in [3.8, 4) is 17.0 Å². The molecule has 0 saturated heterocycles. The molecule has 0 aliphatic heterocycles. The average Bonchev–Trinajstić information content (AvgIpc) is 3.26. The number of sulfonamides is 1. The number of halogens is 5. The van der Waals surface area contributed by atoms with Gasteiger partial charge < -0.3 is 0 Å². The number of benzene rings is 2. The Kier molecular flexibility index (Phi) is 9.93. The van der Waals surface area contributed by atoms with Crippen LogP contribution in [0.15, 0.2) is 64.1 Å². The molecule has 4 aromatic rings. The van der Waals surface area contributed by atoms with E-state index in [1.165, 1.54) is 6.07 Å². The van der Waals surface area contributed by atoms with Crippen LogP contribution in [0, 0.1) is 3.57 Å². The normalized spacial score (nSPS) is 11.9. The number of hydrogen-bond donors (Lipinski definition) is 3.